The number of carbonyl (C=O) groups is 1. The van der Waals surface area contributed by atoms with Crippen molar-refractivity contribution >= 4 is 32.1 Å². The van der Waals surface area contributed by atoms with E-state index in [0.29, 0.717) is 15.8 Å². The van der Waals surface area contributed by atoms with Gasteiger partial charge in [0, 0.05) is 10.9 Å². The van der Waals surface area contributed by atoms with Gasteiger partial charge in [0.1, 0.15) is 6.29 Å². The molecular formula is C13H15BrO3S. The Bertz CT molecular complexity index is 562. The summed E-state index contributed by atoms with van der Waals surface area (Å²) in [4.78, 5) is 10.9. The number of sulfone groups is 1. The normalized spacial score (nSPS) is 17.4. The SMILES string of the molecule is CC(CC=O)c1ccc(S(=O)(=O)C2CC2)c(Br)c1. The van der Waals surface area contributed by atoms with Gasteiger partial charge >= 0.3 is 0 Å². The molecule has 1 atom stereocenters. The van der Waals surface area contributed by atoms with Crippen molar-refractivity contribution in [1.29, 1.82) is 0 Å². The minimum atomic E-state index is -3.17. The molecule has 0 N–H and O–H groups in total. The van der Waals surface area contributed by atoms with Crippen LogP contribution in [0.5, 0.6) is 0 Å². The van der Waals surface area contributed by atoms with Crippen molar-refractivity contribution < 1.29 is 13.2 Å². The molecule has 1 aliphatic rings. The van der Waals surface area contributed by atoms with Gasteiger partial charge in [0.15, 0.2) is 9.84 Å². The van der Waals surface area contributed by atoms with Crippen molar-refractivity contribution in [2.75, 3.05) is 0 Å². The van der Waals surface area contributed by atoms with E-state index in [9.17, 15) is 13.2 Å². The van der Waals surface area contributed by atoms with Gasteiger partial charge in [-0.3, -0.25) is 0 Å². The molecule has 3 nitrogen and oxygen atoms in total. The van der Waals surface area contributed by atoms with Gasteiger partial charge in [-0.05, 0) is 52.4 Å². The van der Waals surface area contributed by atoms with Crippen LogP contribution in [0.1, 0.15) is 37.7 Å². The van der Waals surface area contributed by atoms with Gasteiger partial charge in [-0.2, -0.15) is 0 Å². The highest BCUT2D eigenvalue weighted by Gasteiger charge is 2.37. The molecule has 0 aromatic heterocycles. The van der Waals surface area contributed by atoms with Gasteiger partial charge in [-0.15, -0.1) is 0 Å². The Morgan fingerprint density at radius 1 is 1.44 bits per heavy atom. The molecule has 1 unspecified atom stereocenters. The number of rotatable bonds is 5. The highest BCUT2D eigenvalue weighted by molar-refractivity contribution is 9.10. The summed E-state index contributed by atoms with van der Waals surface area (Å²) in [5, 5.41) is -0.202. The number of aldehydes is 1. The number of carbonyl (C=O) groups excluding carboxylic acids is 1. The summed E-state index contributed by atoms with van der Waals surface area (Å²) in [5.74, 6) is 0.108. The lowest BCUT2D eigenvalue weighted by Gasteiger charge is -2.11. The van der Waals surface area contributed by atoms with Crippen LogP contribution in [-0.4, -0.2) is 20.0 Å². The second-order valence-electron chi connectivity index (χ2n) is 4.74. The predicted octanol–water partition coefficient (Wildman–Crippen LogP) is 3.08. The molecule has 98 valence electrons. The zero-order chi connectivity index (χ0) is 13.3. The second-order valence-corrected chi connectivity index (χ2v) is 7.79. The fraction of sp³-hybridized carbons (Fsp3) is 0.462. The van der Waals surface area contributed by atoms with E-state index in [0.717, 1.165) is 24.7 Å². The first kappa shape index (κ1) is 13.7. The topological polar surface area (TPSA) is 51.2 Å². The summed E-state index contributed by atoms with van der Waals surface area (Å²) in [7, 11) is -3.17. The fourth-order valence-electron chi connectivity index (χ4n) is 1.89. The van der Waals surface area contributed by atoms with Gasteiger partial charge in [0.05, 0.1) is 10.1 Å². The van der Waals surface area contributed by atoms with E-state index in [4.69, 9.17) is 0 Å². The fourth-order valence-corrected chi connectivity index (χ4v) is 4.67. The predicted molar refractivity (Wildman–Crippen MR) is 73.4 cm³/mol. The number of halogens is 1. The Morgan fingerprint density at radius 2 is 2.11 bits per heavy atom. The summed E-state index contributed by atoms with van der Waals surface area (Å²) in [6.07, 6.45) is 2.85. The molecule has 0 bridgehead atoms. The van der Waals surface area contributed by atoms with Crippen LogP contribution in [0.3, 0.4) is 0 Å². The van der Waals surface area contributed by atoms with E-state index >= 15 is 0 Å². The second kappa shape index (κ2) is 5.13. The molecule has 0 amide bonds. The summed E-state index contributed by atoms with van der Waals surface area (Å²) < 4.78 is 24.9. The Balaban J connectivity index is 2.33. The summed E-state index contributed by atoms with van der Waals surface area (Å²) in [5.41, 5.74) is 0.976. The first-order valence-electron chi connectivity index (χ1n) is 5.93. The Labute approximate surface area is 116 Å². The molecule has 5 heteroatoms. The van der Waals surface area contributed by atoms with Crippen molar-refractivity contribution in [1.82, 2.24) is 0 Å². The van der Waals surface area contributed by atoms with Crippen LogP contribution in [0.25, 0.3) is 0 Å². The molecule has 1 aliphatic carbocycles. The van der Waals surface area contributed by atoms with E-state index in [2.05, 4.69) is 15.9 Å². The summed E-state index contributed by atoms with van der Waals surface area (Å²) in [6, 6.07) is 5.26. The van der Waals surface area contributed by atoms with Crippen LogP contribution >= 0.6 is 15.9 Å². The van der Waals surface area contributed by atoms with E-state index in [-0.39, 0.29) is 11.2 Å². The number of hydrogen-bond donors (Lipinski definition) is 0. The van der Waals surface area contributed by atoms with Crippen molar-refractivity contribution in [3.8, 4) is 0 Å². The van der Waals surface area contributed by atoms with Crippen LogP contribution in [0, 0.1) is 0 Å². The molecule has 18 heavy (non-hydrogen) atoms. The quantitative estimate of drug-likeness (QED) is 0.779. The smallest absolute Gasteiger partial charge is 0.182 e. The van der Waals surface area contributed by atoms with Crippen molar-refractivity contribution in [3.05, 3.63) is 28.2 Å². The third-order valence-corrected chi connectivity index (χ3v) is 6.48. The maximum Gasteiger partial charge on any atom is 0.182 e. The standard InChI is InChI=1S/C13H15BrO3S/c1-9(6-7-15)10-2-5-13(12(14)8-10)18(16,17)11-3-4-11/h2,5,7-9,11H,3-4,6H2,1H3. The number of benzene rings is 1. The maximum absolute atomic E-state index is 12.1. The molecule has 1 fully saturated rings. The Hall–Kier alpha value is -0.680. The first-order valence-corrected chi connectivity index (χ1v) is 8.27. The van der Waals surface area contributed by atoms with Gasteiger partial charge in [0.25, 0.3) is 0 Å². The zero-order valence-corrected chi connectivity index (χ0v) is 12.5. The lowest BCUT2D eigenvalue weighted by atomic mass is 9.99. The first-order chi connectivity index (χ1) is 8.46. The van der Waals surface area contributed by atoms with Crippen LogP contribution in [0.15, 0.2) is 27.6 Å². The molecule has 1 aromatic rings. The monoisotopic (exact) mass is 330 g/mol. The van der Waals surface area contributed by atoms with E-state index < -0.39 is 9.84 Å². The Kier molecular flexibility index (Phi) is 3.92. The lowest BCUT2D eigenvalue weighted by molar-refractivity contribution is -0.108. The maximum atomic E-state index is 12.1. The van der Waals surface area contributed by atoms with E-state index in [1.807, 2.05) is 13.0 Å². The van der Waals surface area contributed by atoms with E-state index in [1.165, 1.54) is 0 Å². The van der Waals surface area contributed by atoms with Gasteiger partial charge < -0.3 is 4.79 Å². The third-order valence-electron chi connectivity index (χ3n) is 3.24. The van der Waals surface area contributed by atoms with Gasteiger partial charge in [0.2, 0.25) is 0 Å². The Morgan fingerprint density at radius 3 is 2.61 bits per heavy atom. The van der Waals surface area contributed by atoms with Crippen LogP contribution in [0.4, 0.5) is 0 Å². The molecular weight excluding hydrogens is 316 g/mol. The summed E-state index contributed by atoms with van der Waals surface area (Å²) in [6.45, 7) is 1.95. The van der Waals surface area contributed by atoms with Gasteiger partial charge in [-0.25, -0.2) is 8.42 Å². The molecule has 1 aromatic carbocycles. The molecule has 0 heterocycles. The highest BCUT2D eigenvalue weighted by atomic mass is 79.9. The summed E-state index contributed by atoms with van der Waals surface area (Å²) >= 11 is 3.33. The van der Waals surface area contributed by atoms with Crippen molar-refractivity contribution in [2.45, 2.75) is 42.2 Å². The van der Waals surface area contributed by atoms with Crippen LogP contribution < -0.4 is 0 Å². The zero-order valence-electron chi connectivity index (χ0n) is 10.1. The van der Waals surface area contributed by atoms with Crippen molar-refractivity contribution in [2.24, 2.45) is 0 Å². The molecule has 1 saturated carbocycles. The molecule has 0 aliphatic heterocycles. The van der Waals surface area contributed by atoms with Crippen LogP contribution in [-0.2, 0) is 14.6 Å². The van der Waals surface area contributed by atoms with Crippen LogP contribution in [0.2, 0.25) is 0 Å². The minimum absolute atomic E-state index is 0.108. The molecule has 0 spiro atoms. The minimum Gasteiger partial charge on any atom is -0.303 e. The highest BCUT2D eigenvalue weighted by Crippen LogP contribution is 2.37. The third kappa shape index (κ3) is 2.67. The average Bonchev–Trinajstić information content (AvgIpc) is 3.12. The lowest BCUT2D eigenvalue weighted by Crippen LogP contribution is -2.08. The largest absolute Gasteiger partial charge is 0.303 e. The van der Waals surface area contributed by atoms with Gasteiger partial charge in [-0.1, -0.05) is 13.0 Å². The van der Waals surface area contributed by atoms with E-state index in [1.54, 1.807) is 12.1 Å². The number of hydrogen-bond acceptors (Lipinski definition) is 3. The van der Waals surface area contributed by atoms with Crippen molar-refractivity contribution in [3.63, 3.8) is 0 Å². The molecule has 0 saturated heterocycles. The molecule has 2 rings (SSSR count). The average molecular weight is 331 g/mol. The molecule has 0 radical (unpaired) electrons.